The summed E-state index contributed by atoms with van der Waals surface area (Å²) in [5.74, 6) is -0.0814. The van der Waals surface area contributed by atoms with Crippen molar-refractivity contribution >= 4 is 0 Å². The third kappa shape index (κ3) is 1.53. The van der Waals surface area contributed by atoms with Gasteiger partial charge < -0.3 is 0 Å². The van der Waals surface area contributed by atoms with E-state index in [1.54, 1.807) is 12.4 Å². The van der Waals surface area contributed by atoms with E-state index in [0.29, 0.717) is 5.95 Å². The lowest BCUT2D eigenvalue weighted by atomic mass is 10.4. The van der Waals surface area contributed by atoms with Crippen molar-refractivity contribution in [2.24, 2.45) is 0 Å². The molecular weight excluding hydrogens is 171 g/mol. The predicted octanol–water partition coefficient (Wildman–Crippen LogP) is 1.11. The first-order valence-electron chi connectivity index (χ1n) is 3.75. The summed E-state index contributed by atoms with van der Waals surface area (Å²) < 4.78 is 13.9. The highest BCUT2D eigenvalue weighted by atomic mass is 19.1. The second-order valence-electron chi connectivity index (χ2n) is 2.66. The van der Waals surface area contributed by atoms with Crippen molar-refractivity contribution in [3.05, 3.63) is 36.2 Å². The smallest absolute Gasteiger partial charge is 0.217 e. The van der Waals surface area contributed by atoms with E-state index in [1.165, 1.54) is 4.68 Å². The first-order valence-corrected chi connectivity index (χ1v) is 3.75. The molecule has 0 aliphatic carbocycles. The molecule has 2 aromatic heterocycles. The SMILES string of the molecule is Cc1cnn(-c2ncc(F)cn2)c1. The van der Waals surface area contributed by atoms with Crippen molar-refractivity contribution < 1.29 is 4.39 Å². The van der Waals surface area contributed by atoms with Crippen molar-refractivity contribution in [3.63, 3.8) is 0 Å². The predicted molar refractivity (Wildman–Crippen MR) is 43.8 cm³/mol. The molecule has 0 spiro atoms. The highest BCUT2D eigenvalue weighted by Gasteiger charge is 2.00. The minimum absolute atomic E-state index is 0.370. The van der Waals surface area contributed by atoms with Gasteiger partial charge >= 0.3 is 0 Å². The fraction of sp³-hybridized carbons (Fsp3) is 0.125. The molecule has 2 rings (SSSR count). The summed E-state index contributed by atoms with van der Waals surface area (Å²) in [7, 11) is 0. The van der Waals surface area contributed by atoms with Gasteiger partial charge in [-0.3, -0.25) is 0 Å². The van der Waals surface area contributed by atoms with Crippen molar-refractivity contribution in [2.45, 2.75) is 6.92 Å². The average molecular weight is 178 g/mol. The van der Waals surface area contributed by atoms with Gasteiger partial charge in [-0.25, -0.2) is 19.0 Å². The molecule has 0 atom stereocenters. The molecule has 0 aromatic carbocycles. The standard InChI is InChI=1S/C8H7FN4/c1-6-2-12-13(5-6)8-10-3-7(9)4-11-8/h2-5H,1H3. The fourth-order valence-corrected chi connectivity index (χ4v) is 0.946. The molecule has 0 bridgehead atoms. The molecule has 2 aromatic rings. The first kappa shape index (κ1) is 7.85. The Balaban J connectivity index is 2.41. The van der Waals surface area contributed by atoms with Gasteiger partial charge in [0.1, 0.15) is 0 Å². The summed E-state index contributed by atoms with van der Waals surface area (Å²) in [6.45, 7) is 1.91. The van der Waals surface area contributed by atoms with Crippen LogP contribution in [0.1, 0.15) is 5.56 Å². The lowest BCUT2D eigenvalue weighted by molar-refractivity contribution is 0.608. The van der Waals surface area contributed by atoms with Crippen LogP contribution in [-0.4, -0.2) is 19.7 Å². The van der Waals surface area contributed by atoms with Crippen LogP contribution in [0.5, 0.6) is 0 Å². The molecule has 66 valence electrons. The number of hydrogen-bond acceptors (Lipinski definition) is 3. The topological polar surface area (TPSA) is 43.6 Å². The molecule has 0 amide bonds. The molecule has 0 unspecified atom stereocenters. The van der Waals surface area contributed by atoms with Crippen LogP contribution in [0.25, 0.3) is 5.95 Å². The van der Waals surface area contributed by atoms with Gasteiger partial charge in [-0.2, -0.15) is 5.10 Å². The average Bonchev–Trinajstić information content (AvgIpc) is 2.53. The molecule has 5 heteroatoms. The summed E-state index contributed by atoms with van der Waals surface area (Å²) in [4.78, 5) is 7.55. The maximum absolute atomic E-state index is 12.5. The van der Waals surface area contributed by atoms with Gasteiger partial charge in [0.25, 0.3) is 5.95 Å². The van der Waals surface area contributed by atoms with E-state index in [4.69, 9.17) is 0 Å². The van der Waals surface area contributed by atoms with Crippen LogP contribution < -0.4 is 0 Å². The second kappa shape index (κ2) is 2.93. The Hall–Kier alpha value is -1.78. The van der Waals surface area contributed by atoms with E-state index in [1.807, 2.05) is 6.92 Å². The molecule has 0 fully saturated rings. The zero-order chi connectivity index (χ0) is 9.26. The lowest BCUT2D eigenvalue weighted by Gasteiger charge is -1.96. The summed E-state index contributed by atoms with van der Waals surface area (Å²) in [5.41, 5.74) is 1.01. The Morgan fingerprint density at radius 1 is 1.23 bits per heavy atom. The fourth-order valence-electron chi connectivity index (χ4n) is 0.946. The third-order valence-corrected chi connectivity index (χ3v) is 1.52. The van der Waals surface area contributed by atoms with Gasteiger partial charge in [-0.15, -0.1) is 0 Å². The molecule has 13 heavy (non-hydrogen) atoms. The molecule has 2 heterocycles. The van der Waals surface area contributed by atoms with Crippen LogP contribution in [0.2, 0.25) is 0 Å². The largest absolute Gasteiger partial charge is 0.250 e. The van der Waals surface area contributed by atoms with Crippen LogP contribution in [0.4, 0.5) is 4.39 Å². The van der Waals surface area contributed by atoms with Gasteiger partial charge in [-0.1, -0.05) is 0 Å². The molecule has 0 aliphatic rings. The van der Waals surface area contributed by atoms with E-state index in [0.717, 1.165) is 18.0 Å². The van der Waals surface area contributed by atoms with E-state index in [9.17, 15) is 4.39 Å². The van der Waals surface area contributed by atoms with E-state index in [-0.39, 0.29) is 0 Å². The van der Waals surface area contributed by atoms with Crippen LogP contribution in [-0.2, 0) is 0 Å². The molecule has 0 radical (unpaired) electrons. The van der Waals surface area contributed by atoms with Crippen molar-refractivity contribution in [3.8, 4) is 5.95 Å². The Morgan fingerprint density at radius 2 is 1.92 bits per heavy atom. The first-order chi connectivity index (χ1) is 6.25. The van der Waals surface area contributed by atoms with Crippen LogP contribution >= 0.6 is 0 Å². The van der Waals surface area contributed by atoms with Crippen molar-refractivity contribution in [2.75, 3.05) is 0 Å². The summed E-state index contributed by atoms with van der Waals surface area (Å²) in [6.07, 6.45) is 5.68. The maximum Gasteiger partial charge on any atom is 0.250 e. The number of rotatable bonds is 1. The molecule has 0 N–H and O–H groups in total. The minimum Gasteiger partial charge on any atom is -0.217 e. The Labute approximate surface area is 74.1 Å². The number of halogens is 1. The highest BCUT2D eigenvalue weighted by molar-refractivity contribution is 5.12. The summed E-state index contributed by atoms with van der Waals surface area (Å²) >= 11 is 0. The van der Waals surface area contributed by atoms with Gasteiger partial charge in [0.05, 0.1) is 18.6 Å². The van der Waals surface area contributed by atoms with Gasteiger partial charge in [-0.05, 0) is 12.5 Å². The molecular formula is C8H7FN4. The van der Waals surface area contributed by atoms with E-state index in [2.05, 4.69) is 15.1 Å². The monoisotopic (exact) mass is 178 g/mol. The second-order valence-corrected chi connectivity index (χ2v) is 2.66. The Bertz CT molecular complexity index is 406. The molecule has 0 saturated carbocycles. The number of aromatic nitrogens is 4. The minimum atomic E-state index is -0.451. The summed E-state index contributed by atoms with van der Waals surface area (Å²) in [6, 6.07) is 0. The van der Waals surface area contributed by atoms with Gasteiger partial charge in [0, 0.05) is 6.20 Å². The van der Waals surface area contributed by atoms with Crippen LogP contribution in [0.3, 0.4) is 0 Å². The Morgan fingerprint density at radius 3 is 2.46 bits per heavy atom. The highest BCUT2D eigenvalue weighted by Crippen LogP contribution is 2.01. The van der Waals surface area contributed by atoms with E-state index >= 15 is 0 Å². The third-order valence-electron chi connectivity index (χ3n) is 1.52. The van der Waals surface area contributed by atoms with Crippen LogP contribution in [0, 0.1) is 12.7 Å². The maximum atomic E-state index is 12.5. The van der Waals surface area contributed by atoms with Gasteiger partial charge in [0.2, 0.25) is 0 Å². The molecule has 0 aliphatic heterocycles. The summed E-state index contributed by atoms with van der Waals surface area (Å²) in [5, 5.41) is 3.98. The zero-order valence-electron chi connectivity index (χ0n) is 6.98. The van der Waals surface area contributed by atoms with Crippen molar-refractivity contribution in [1.82, 2.24) is 19.7 Å². The van der Waals surface area contributed by atoms with Crippen molar-refractivity contribution in [1.29, 1.82) is 0 Å². The normalized spacial score (nSPS) is 10.3. The Kier molecular flexibility index (Phi) is 1.77. The van der Waals surface area contributed by atoms with E-state index < -0.39 is 5.82 Å². The number of aryl methyl sites for hydroxylation is 1. The van der Waals surface area contributed by atoms with Gasteiger partial charge in [0.15, 0.2) is 5.82 Å². The van der Waals surface area contributed by atoms with Crippen LogP contribution in [0.15, 0.2) is 24.8 Å². The number of hydrogen-bond donors (Lipinski definition) is 0. The quantitative estimate of drug-likeness (QED) is 0.657. The molecule has 4 nitrogen and oxygen atoms in total. The zero-order valence-corrected chi connectivity index (χ0v) is 6.98. The molecule has 0 saturated heterocycles. The lowest BCUT2D eigenvalue weighted by Crippen LogP contribution is -2.00. The number of nitrogens with zero attached hydrogens (tertiary/aromatic N) is 4.